The van der Waals surface area contributed by atoms with Crippen molar-refractivity contribution in [1.82, 2.24) is 4.98 Å². The van der Waals surface area contributed by atoms with E-state index in [2.05, 4.69) is 44.9 Å². The number of nitrogens with zero attached hydrogens (tertiary/aromatic N) is 2. The van der Waals surface area contributed by atoms with Crippen molar-refractivity contribution < 1.29 is 0 Å². The predicted molar refractivity (Wildman–Crippen MR) is 58.1 cm³/mol. The molecule has 2 rings (SSSR count). The van der Waals surface area contributed by atoms with Crippen molar-refractivity contribution >= 4 is 21.7 Å². The lowest BCUT2D eigenvalue weighted by Crippen LogP contribution is -2.45. The van der Waals surface area contributed by atoms with Gasteiger partial charge in [0.2, 0.25) is 0 Å². The lowest BCUT2D eigenvalue weighted by atomic mass is 10.0. The Morgan fingerprint density at radius 1 is 1.46 bits per heavy atom. The van der Waals surface area contributed by atoms with E-state index in [9.17, 15) is 0 Å². The number of aromatic nitrogens is 1. The smallest absolute Gasteiger partial charge is 0.128 e. The summed E-state index contributed by atoms with van der Waals surface area (Å²) in [7, 11) is 0. The average Bonchev–Trinajstić information content (AvgIpc) is 2.05. The molecule has 0 radical (unpaired) electrons. The number of hydrogen-bond donors (Lipinski definition) is 0. The standard InChI is InChI=1S/C10H13BrN2/c1-7-5-13(6-7)10-4-3-9(11)8(2)12-10/h3-4,7H,5-6H2,1-2H3. The Morgan fingerprint density at radius 2 is 2.15 bits per heavy atom. The predicted octanol–water partition coefficient (Wildman–Crippen LogP) is 2.61. The minimum Gasteiger partial charge on any atom is -0.356 e. The minimum atomic E-state index is 0.825. The monoisotopic (exact) mass is 240 g/mol. The molecule has 0 amide bonds. The first-order chi connectivity index (χ1) is 6.16. The third-order valence-corrected chi connectivity index (χ3v) is 3.23. The fourth-order valence-corrected chi connectivity index (χ4v) is 1.81. The van der Waals surface area contributed by atoms with E-state index >= 15 is 0 Å². The van der Waals surface area contributed by atoms with Crippen molar-refractivity contribution in [3.8, 4) is 0 Å². The van der Waals surface area contributed by atoms with E-state index in [0.717, 1.165) is 35.0 Å². The molecule has 13 heavy (non-hydrogen) atoms. The molecule has 0 aliphatic carbocycles. The maximum absolute atomic E-state index is 4.51. The molecular formula is C10H13BrN2. The largest absolute Gasteiger partial charge is 0.356 e. The lowest BCUT2D eigenvalue weighted by molar-refractivity contribution is 0.443. The number of aryl methyl sites for hydroxylation is 1. The van der Waals surface area contributed by atoms with Crippen molar-refractivity contribution in [3.05, 3.63) is 22.3 Å². The molecule has 1 aliphatic rings. The summed E-state index contributed by atoms with van der Waals surface area (Å²) in [6.45, 7) is 6.58. The van der Waals surface area contributed by atoms with Gasteiger partial charge in [0.15, 0.2) is 0 Å². The van der Waals surface area contributed by atoms with Crippen molar-refractivity contribution in [2.75, 3.05) is 18.0 Å². The summed E-state index contributed by atoms with van der Waals surface area (Å²) in [6, 6.07) is 4.14. The summed E-state index contributed by atoms with van der Waals surface area (Å²) < 4.78 is 1.09. The number of anilines is 1. The zero-order valence-electron chi connectivity index (χ0n) is 7.92. The minimum absolute atomic E-state index is 0.825. The van der Waals surface area contributed by atoms with Crippen molar-refractivity contribution in [3.63, 3.8) is 0 Å². The van der Waals surface area contributed by atoms with E-state index in [1.54, 1.807) is 0 Å². The molecule has 70 valence electrons. The van der Waals surface area contributed by atoms with Gasteiger partial charge in [-0.05, 0) is 40.9 Å². The fraction of sp³-hybridized carbons (Fsp3) is 0.500. The summed E-state index contributed by atoms with van der Waals surface area (Å²) in [4.78, 5) is 6.82. The zero-order chi connectivity index (χ0) is 9.42. The second-order valence-corrected chi connectivity index (χ2v) is 4.60. The Kier molecular flexibility index (Phi) is 2.28. The van der Waals surface area contributed by atoms with E-state index in [-0.39, 0.29) is 0 Å². The zero-order valence-corrected chi connectivity index (χ0v) is 9.50. The quantitative estimate of drug-likeness (QED) is 0.751. The molecule has 1 fully saturated rings. The molecule has 1 saturated heterocycles. The summed E-state index contributed by atoms with van der Waals surface area (Å²) in [6.07, 6.45) is 0. The summed E-state index contributed by atoms with van der Waals surface area (Å²) in [5.41, 5.74) is 1.07. The Hall–Kier alpha value is -0.570. The topological polar surface area (TPSA) is 16.1 Å². The molecule has 2 nitrogen and oxygen atoms in total. The Balaban J connectivity index is 2.18. The first-order valence-corrected chi connectivity index (χ1v) is 5.34. The first-order valence-electron chi connectivity index (χ1n) is 4.55. The van der Waals surface area contributed by atoms with Gasteiger partial charge in [-0.2, -0.15) is 0 Å². The highest BCUT2D eigenvalue weighted by molar-refractivity contribution is 9.10. The SMILES string of the molecule is Cc1nc(N2CC(C)C2)ccc1Br. The molecule has 0 atom stereocenters. The van der Waals surface area contributed by atoms with Gasteiger partial charge in [0.05, 0.1) is 5.69 Å². The highest BCUT2D eigenvalue weighted by Crippen LogP contribution is 2.24. The van der Waals surface area contributed by atoms with Crippen molar-refractivity contribution in [1.29, 1.82) is 0 Å². The van der Waals surface area contributed by atoms with Crippen LogP contribution in [0.5, 0.6) is 0 Å². The van der Waals surface area contributed by atoms with Crippen LogP contribution in [0.15, 0.2) is 16.6 Å². The maximum atomic E-state index is 4.51. The molecule has 0 N–H and O–H groups in total. The van der Waals surface area contributed by atoms with E-state index in [0.29, 0.717) is 0 Å². The van der Waals surface area contributed by atoms with Crippen LogP contribution in [0.2, 0.25) is 0 Å². The molecule has 0 aromatic carbocycles. The molecule has 0 unspecified atom stereocenters. The normalized spacial score (nSPS) is 17.3. The molecule has 2 heterocycles. The maximum Gasteiger partial charge on any atom is 0.128 e. The molecule has 3 heteroatoms. The second kappa shape index (κ2) is 3.29. The van der Waals surface area contributed by atoms with Crippen molar-refractivity contribution in [2.45, 2.75) is 13.8 Å². The molecule has 0 spiro atoms. The molecule has 1 aromatic heterocycles. The van der Waals surface area contributed by atoms with Crippen molar-refractivity contribution in [2.24, 2.45) is 5.92 Å². The van der Waals surface area contributed by atoms with Gasteiger partial charge in [-0.3, -0.25) is 0 Å². The highest BCUT2D eigenvalue weighted by Gasteiger charge is 2.23. The lowest BCUT2D eigenvalue weighted by Gasteiger charge is -2.38. The van der Waals surface area contributed by atoms with Crippen LogP contribution in [0, 0.1) is 12.8 Å². The van der Waals surface area contributed by atoms with Gasteiger partial charge in [0, 0.05) is 17.6 Å². The summed E-state index contributed by atoms with van der Waals surface area (Å²) in [5, 5.41) is 0. The molecule has 1 aliphatic heterocycles. The van der Waals surface area contributed by atoms with Crippen LogP contribution in [-0.4, -0.2) is 18.1 Å². The van der Waals surface area contributed by atoms with E-state index in [4.69, 9.17) is 0 Å². The molecule has 0 saturated carbocycles. The van der Waals surface area contributed by atoms with E-state index in [1.165, 1.54) is 0 Å². The average molecular weight is 241 g/mol. The summed E-state index contributed by atoms with van der Waals surface area (Å²) in [5.74, 6) is 1.93. The number of pyridine rings is 1. The van der Waals surface area contributed by atoms with Crippen LogP contribution < -0.4 is 4.90 Å². The van der Waals surface area contributed by atoms with Crippen LogP contribution in [0.1, 0.15) is 12.6 Å². The number of halogens is 1. The second-order valence-electron chi connectivity index (χ2n) is 3.75. The molecule has 1 aromatic rings. The van der Waals surface area contributed by atoms with Crippen LogP contribution >= 0.6 is 15.9 Å². The molecule has 0 bridgehead atoms. The van der Waals surface area contributed by atoms with Crippen LogP contribution in [0.4, 0.5) is 5.82 Å². The van der Waals surface area contributed by atoms with Gasteiger partial charge in [0.1, 0.15) is 5.82 Å². The van der Waals surface area contributed by atoms with Gasteiger partial charge in [0.25, 0.3) is 0 Å². The van der Waals surface area contributed by atoms with Gasteiger partial charge in [-0.15, -0.1) is 0 Å². The Bertz CT molecular complexity index is 319. The van der Waals surface area contributed by atoms with E-state index < -0.39 is 0 Å². The van der Waals surface area contributed by atoms with Gasteiger partial charge < -0.3 is 4.90 Å². The highest BCUT2D eigenvalue weighted by atomic mass is 79.9. The van der Waals surface area contributed by atoms with Gasteiger partial charge in [-0.25, -0.2) is 4.98 Å². The third kappa shape index (κ3) is 1.70. The third-order valence-electron chi connectivity index (χ3n) is 2.39. The van der Waals surface area contributed by atoms with Crippen LogP contribution in [-0.2, 0) is 0 Å². The van der Waals surface area contributed by atoms with Crippen LogP contribution in [0.25, 0.3) is 0 Å². The van der Waals surface area contributed by atoms with Gasteiger partial charge >= 0.3 is 0 Å². The van der Waals surface area contributed by atoms with E-state index in [1.807, 2.05) is 6.92 Å². The first kappa shape index (κ1) is 9.00. The Morgan fingerprint density at radius 3 is 2.69 bits per heavy atom. The Labute approximate surface area is 87.1 Å². The number of rotatable bonds is 1. The fourth-order valence-electron chi connectivity index (χ4n) is 1.59. The summed E-state index contributed by atoms with van der Waals surface area (Å²) >= 11 is 3.45. The number of hydrogen-bond acceptors (Lipinski definition) is 2. The van der Waals surface area contributed by atoms with Crippen LogP contribution in [0.3, 0.4) is 0 Å². The molecular weight excluding hydrogens is 228 g/mol. The van der Waals surface area contributed by atoms with Gasteiger partial charge in [-0.1, -0.05) is 6.92 Å².